The van der Waals surface area contributed by atoms with Gasteiger partial charge in [-0.1, -0.05) is 29.3 Å². The van der Waals surface area contributed by atoms with Crippen molar-refractivity contribution in [2.24, 2.45) is 4.99 Å². The van der Waals surface area contributed by atoms with Crippen molar-refractivity contribution in [3.63, 3.8) is 0 Å². The lowest BCUT2D eigenvalue weighted by atomic mass is 10.1. The van der Waals surface area contributed by atoms with Crippen LogP contribution in [0.25, 0.3) is 0 Å². The zero-order valence-corrected chi connectivity index (χ0v) is 20.3. The van der Waals surface area contributed by atoms with Gasteiger partial charge in [-0.05, 0) is 64.1 Å². The highest BCUT2D eigenvalue weighted by atomic mass is 127. The number of aliphatic imine (C=N–C) groups is 1. The average molecular weight is 528 g/mol. The third kappa shape index (κ3) is 8.73. The minimum absolute atomic E-state index is 0. The number of nitrogens with zero attached hydrogens (tertiary/aromatic N) is 3. The van der Waals surface area contributed by atoms with Crippen LogP contribution in [0, 0.1) is 0 Å². The van der Waals surface area contributed by atoms with Crippen LogP contribution in [0.4, 0.5) is 0 Å². The number of hydrogen-bond acceptors (Lipinski definition) is 3. The Kier molecular flexibility index (Phi) is 12.0. The Hall–Kier alpha value is -0.280. The quantitative estimate of drug-likeness (QED) is 0.255. The number of benzene rings is 1. The van der Waals surface area contributed by atoms with Crippen LogP contribution < -0.4 is 10.6 Å². The second-order valence-corrected chi connectivity index (χ2v) is 7.73. The topological polar surface area (TPSA) is 42.9 Å². The highest BCUT2D eigenvalue weighted by molar-refractivity contribution is 14.0. The Morgan fingerprint density at radius 2 is 2.00 bits per heavy atom. The molecule has 1 aromatic rings. The molecule has 1 aromatic carbocycles. The summed E-state index contributed by atoms with van der Waals surface area (Å²) < 4.78 is 0. The lowest BCUT2D eigenvalue weighted by Crippen LogP contribution is -2.40. The van der Waals surface area contributed by atoms with E-state index >= 15 is 0 Å². The molecule has 1 saturated heterocycles. The molecule has 1 aliphatic rings. The van der Waals surface area contributed by atoms with Gasteiger partial charge < -0.3 is 20.4 Å². The third-order valence-corrected chi connectivity index (χ3v) is 5.32. The van der Waals surface area contributed by atoms with Crippen LogP contribution in [-0.4, -0.2) is 69.1 Å². The summed E-state index contributed by atoms with van der Waals surface area (Å²) in [5.74, 6) is 0.791. The fourth-order valence-electron chi connectivity index (χ4n) is 3.16. The van der Waals surface area contributed by atoms with Crippen molar-refractivity contribution in [3.8, 4) is 0 Å². The molecule has 1 aliphatic heterocycles. The molecular weight excluding hydrogens is 496 g/mol. The van der Waals surface area contributed by atoms with Crippen molar-refractivity contribution < 1.29 is 0 Å². The van der Waals surface area contributed by atoms with Crippen molar-refractivity contribution in [2.75, 3.05) is 53.4 Å². The Bertz CT molecular complexity index is 599. The summed E-state index contributed by atoms with van der Waals surface area (Å²) in [4.78, 5) is 9.28. The number of hydrogen-bond donors (Lipinski definition) is 2. The van der Waals surface area contributed by atoms with Crippen molar-refractivity contribution in [2.45, 2.75) is 25.8 Å². The molecule has 1 atom stereocenters. The van der Waals surface area contributed by atoms with Gasteiger partial charge in [0.2, 0.25) is 0 Å². The molecule has 2 rings (SSSR count). The molecule has 1 heterocycles. The summed E-state index contributed by atoms with van der Waals surface area (Å²) in [6.45, 7) is 8.81. The molecular formula is C19H32Cl2IN5. The average Bonchev–Trinajstić information content (AvgIpc) is 2.81. The van der Waals surface area contributed by atoms with Gasteiger partial charge in [-0.3, -0.25) is 4.99 Å². The SMILES string of the molecule is CN=C(NCCCN1CCCN(C)CC1)NC(C)c1ccc(Cl)cc1Cl.I. The fraction of sp³-hybridized carbons (Fsp3) is 0.632. The summed E-state index contributed by atoms with van der Waals surface area (Å²) in [5.41, 5.74) is 1.01. The minimum atomic E-state index is 0. The Morgan fingerprint density at radius 1 is 1.22 bits per heavy atom. The maximum atomic E-state index is 6.29. The van der Waals surface area contributed by atoms with Gasteiger partial charge in [0.15, 0.2) is 5.96 Å². The van der Waals surface area contributed by atoms with Gasteiger partial charge in [0, 0.05) is 36.7 Å². The number of likely N-dealkylation sites (N-methyl/N-ethyl adjacent to an activating group) is 1. The normalized spacial score (nSPS) is 17.7. The highest BCUT2D eigenvalue weighted by Crippen LogP contribution is 2.25. The second kappa shape index (κ2) is 13.0. The molecule has 27 heavy (non-hydrogen) atoms. The lowest BCUT2D eigenvalue weighted by Gasteiger charge is -2.21. The van der Waals surface area contributed by atoms with Crippen LogP contribution in [0.15, 0.2) is 23.2 Å². The number of halogens is 3. The zero-order chi connectivity index (χ0) is 18.9. The first-order valence-corrected chi connectivity index (χ1v) is 10.1. The Morgan fingerprint density at radius 3 is 2.70 bits per heavy atom. The van der Waals surface area contributed by atoms with E-state index in [0.717, 1.165) is 44.1 Å². The molecule has 0 amide bonds. The predicted molar refractivity (Wildman–Crippen MR) is 128 cm³/mol. The van der Waals surface area contributed by atoms with Crippen molar-refractivity contribution in [3.05, 3.63) is 33.8 Å². The van der Waals surface area contributed by atoms with Gasteiger partial charge in [-0.15, -0.1) is 24.0 Å². The Labute approximate surface area is 190 Å². The smallest absolute Gasteiger partial charge is 0.191 e. The molecule has 2 N–H and O–H groups in total. The summed E-state index contributed by atoms with van der Waals surface area (Å²) in [7, 11) is 3.99. The van der Waals surface area contributed by atoms with E-state index in [9.17, 15) is 0 Å². The largest absolute Gasteiger partial charge is 0.356 e. The summed E-state index contributed by atoms with van der Waals surface area (Å²) in [6, 6.07) is 5.62. The first-order chi connectivity index (χ1) is 12.5. The number of nitrogens with one attached hydrogen (secondary N) is 2. The fourth-order valence-corrected chi connectivity index (χ4v) is 3.74. The van der Waals surface area contributed by atoms with E-state index in [0.29, 0.717) is 10.0 Å². The highest BCUT2D eigenvalue weighted by Gasteiger charge is 2.13. The minimum Gasteiger partial charge on any atom is -0.356 e. The molecule has 1 fully saturated rings. The van der Waals surface area contributed by atoms with Crippen LogP contribution in [0.1, 0.15) is 31.4 Å². The van der Waals surface area contributed by atoms with E-state index in [1.165, 1.54) is 19.5 Å². The number of rotatable bonds is 6. The first kappa shape index (κ1) is 24.8. The summed E-state index contributed by atoms with van der Waals surface area (Å²) in [5, 5.41) is 8.10. The van der Waals surface area contributed by atoms with E-state index in [2.05, 4.69) is 39.4 Å². The molecule has 0 bridgehead atoms. The molecule has 5 nitrogen and oxygen atoms in total. The number of guanidine groups is 1. The van der Waals surface area contributed by atoms with Crippen LogP contribution in [0.2, 0.25) is 10.0 Å². The van der Waals surface area contributed by atoms with Gasteiger partial charge in [-0.25, -0.2) is 0 Å². The van der Waals surface area contributed by atoms with Gasteiger partial charge >= 0.3 is 0 Å². The Balaban J connectivity index is 0.00000364. The maximum absolute atomic E-state index is 6.29. The van der Waals surface area contributed by atoms with Gasteiger partial charge in [0.25, 0.3) is 0 Å². The molecule has 0 aromatic heterocycles. The van der Waals surface area contributed by atoms with Crippen molar-refractivity contribution in [1.82, 2.24) is 20.4 Å². The summed E-state index contributed by atoms with van der Waals surface area (Å²) >= 11 is 12.3. The van der Waals surface area contributed by atoms with E-state index < -0.39 is 0 Å². The van der Waals surface area contributed by atoms with E-state index in [1.54, 1.807) is 13.1 Å². The second-order valence-electron chi connectivity index (χ2n) is 6.88. The molecule has 1 unspecified atom stereocenters. The molecule has 0 spiro atoms. The maximum Gasteiger partial charge on any atom is 0.191 e. The van der Waals surface area contributed by atoms with E-state index in [4.69, 9.17) is 23.2 Å². The molecule has 154 valence electrons. The van der Waals surface area contributed by atoms with Crippen molar-refractivity contribution >= 4 is 53.1 Å². The van der Waals surface area contributed by atoms with Crippen LogP contribution in [0.5, 0.6) is 0 Å². The van der Waals surface area contributed by atoms with Gasteiger partial charge in [-0.2, -0.15) is 0 Å². The third-order valence-electron chi connectivity index (χ3n) is 4.76. The van der Waals surface area contributed by atoms with Crippen molar-refractivity contribution in [1.29, 1.82) is 0 Å². The lowest BCUT2D eigenvalue weighted by molar-refractivity contribution is 0.274. The molecule has 0 aliphatic carbocycles. The zero-order valence-electron chi connectivity index (χ0n) is 16.5. The van der Waals surface area contributed by atoms with Crippen LogP contribution in [-0.2, 0) is 0 Å². The van der Waals surface area contributed by atoms with Gasteiger partial charge in [0.05, 0.1) is 6.04 Å². The molecule has 0 radical (unpaired) electrons. The van der Waals surface area contributed by atoms with Gasteiger partial charge in [0.1, 0.15) is 0 Å². The standard InChI is InChI=1S/C19H31Cl2N5.HI/c1-15(17-7-6-16(20)14-18(17)21)24-19(22-2)23-8-4-10-26-11-5-9-25(3)12-13-26;/h6-7,14-15H,4-5,8-13H2,1-3H3,(H2,22,23,24);1H. The summed E-state index contributed by atoms with van der Waals surface area (Å²) in [6.07, 6.45) is 2.35. The predicted octanol–water partition coefficient (Wildman–Crippen LogP) is 3.87. The van der Waals surface area contributed by atoms with Crippen LogP contribution in [0.3, 0.4) is 0 Å². The van der Waals surface area contributed by atoms with Crippen LogP contribution >= 0.6 is 47.2 Å². The monoisotopic (exact) mass is 527 g/mol. The molecule has 8 heteroatoms. The van der Waals surface area contributed by atoms with E-state index in [-0.39, 0.29) is 30.0 Å². The first-order valence-electron chi connectivity index (χ1n) is 9.32. The molecule has 0 saturated carbocycles. The van der Waals surface area contributed by atoms with E-state index in [1.807, 2.05) is 12.1 Å².